The standard InChI is InChI=1S/C16H20N2O2S/c1-13-6-5-7-14(12-13)10-11-18-21(19,20)16-9-4-3-8-15(16)17-2/h3-9,12,17-18H,10-11H2,1-2H3. The van der Waals surface area contributed by atoms with Gasteiger partial charge in [0.15, 0.2) is 0 Å². The van der Waals surface area contributed by atoms with E-state index in [1.165, 1.54) is 5.56 Å². The number of sulfonamides is 1. The Labute approximate surface area is 126 Å². The number of aryl methyl sites for hydroxylation is 1. The van der Waals surface area contributed by atoms with E-state index in [9.17, 15) is 8.42 Å². The summed E-state index contributed by atoms with van der Waals surface area (Å²) in [5.41, 5.74) is 2.90. The molecular formula is C16H20N2O2S. The largest absolute Gasteiger partial charge is 0.387 e. The van der Waals surface area contributed by atoms with Crippen molar-refractivity contribution in [2.75, 3.05) is 18.9 Å². The highest BCUT2D eigenvalue weighted by Crippen LogP contribution is 2.19. The van der Waals surface area contributed by atoms with Crippen LogP contribution >= 0.6 is 0 Å². The van der Waals surface area contributed by atoms with Gasteiger partial charge in [0.05, 0.1) is 5.69 Å². The van der Waals surface area contributed by atoms with E-state index < -0.39 is 10.0 Å². The molecule has 5 heteroatoms. The molecule has 0 amide bonds. The monoisotopic (exact) mass is 304 g/mol. The molecule has 0 spiro atoms. The van der Waals surface area contributed by atoms with Crippen LogP contribution in [0.3, 0.4) is 0 Å². The Hall–Kier alpha value is -1.85. The highest BCUT2D eigenvalue weighted by Gasteiger charge is 2.16. The van der Waals surface area contributed by atoms with Crippen molar-refractivity contribution in [3.05, 3.63) is 59.7 Å². The number of hydrogen-bond acceptors (Lipinski definition) is 3. The molecule has 2 N–H and O–H groups in total. The van der Waals surface area contributed by atoms with Gasteiger partial charge in [-0.2, -0.15) is 0 Å². The van der Waals surface area contributed by atoms with E-state index in [0.29, 0.717) is 18.7 Å². The quantitative estimate of drug-likeness (QED) is 0.862. The lowest BCUT2D eigenvalue weighted by atomic mass is 10.1. The fourth-order valence-electron chi connectivity index (χ4n) is 2.18. The minimum atomic E-state index is -3.50. The average Bonchev–Trinajstić information content (AvgIpc) is 2.47. The van der Waals surface area contributed by atoms with Crippen molar-refractivity contribution in [1.29, 1.82) is 0 Å². The summed E-state index contributed by atoms with van der Waals surface area (Å²) in [7, 11) is -1.79. The Kier molecular flexibility index (Phi) is 4.98. The van der Waals surface area contributed by atoms with Gasteiger partial charge < -0.3 is 5.32 Å². The molecule has 0 atom stereocenters. The number of para-hydroxylation sites is 1. The first kappa shape index (κ1) is 15.5. The van der Waals surface area contributed by atoms with Gasteiger partial charge in [0.25, 0.3) is 0 Å². The lowest BCUT2D eigenvalue weighted by molar-refractivity contribution is 0.582. The van der Waals surface area contributed by atoms with Gasteiger partial charge in [0, 0.05) is 13.6 Å². The van der Waals surface area contributed by atoms with Gasteiger partial charge in [-0.3, -0.25) is 0 Å². The van der Waals surface area contributed by atoms with E-state index in [1.54, 1.807) is 31.3 Å². The summed E-state index contributed by atoms with van der Waals surface area (Å²) in [5.74, 6) is 0. The third kappa shape index (κ3) is 4.06. The molecule has 0 bridgehead atoms. The molecule has 0 fully saturated rings. The molecule has 0 heterocycles. The molecule has 4 nitrogen and oxygen atoms in total. The van der Waals surface area contributed by atoms with Crippen LogP contribution in [0.2, 0.25) is 0 Å². The lowest BCUT2D eigenvalue weighted by Gasteiger charge is -2.11. The zero-order chi connectivity index (χ0) is 15.3. The SMILES string of the molecule is CNc1ccccc1S(=O)(=O)NCCc1cccc(C)c1. The van der Waals surface area contributed by atoms with Gasteiger partial charge in [0.2, 0.25) is 10.0 Å². The van der Waals surface area contributed by atoms with Crippen LogP contribution < -0.4 is 10.0 Å². The van der Waals surface area contributed by atoms with Crippen LogP contribution in [0.15, 0.2) is 53.4 Å². The normalized spacial score (nSPS) is 11.3. The van der Waals surface area contributed by atoms with Crippen LogP contribution in [0.5, 0.6) is 0 Å². The minimum absolute atomic E-state index is 0.275. The van der Waals surface area contributed by atoms with Gasteiger partial charge in [0.1, 0.15) is 4.90 Å². The molecule has 2 aromatic carbocycles. The van der Waals surface area contributed by atoms with Crippen LogP contribution in [-0.2, 0) is 16.4 Å². The number of benzene rings is 2. The minimum Gasteiger partial charge on any atom is -0.387 e. The Balaban J connectivity index is 2.05. The number of nitrogens with one attached hydrogen (secondary N) is 2. The molecule has 2 rings (SSSR count). The van der Waals surface area contributed by atoms with Crippen molar-refractivity contribution in [1.82, 2.24) is 4.72 Å². The van der Waals surface area contributed by atoms with Gasteiger partial charge in [-0.25, -0.2) is 13.1 Å². The number of rotatable bonds is 6. The van der Waals surface area contributed by atoms with Crippen molar-refractivity contribution in [3.8, 4) is 0 Å². The number of anilines is 1. The molecule has 112 valence electrons. The summed E-state index contributed by atoms with van der Waals surface area (Å²) in [6, 6.07) is 14.9. The second-order valence-corrected chi connectivity index (χ2v) is 6.62. The van der Waals surface area contributed by atoms with E-state index in [2.05, 4.69) is 16.1 Å². The Morgan fingerprint density at radius 3 is 2.52 bits per heavy atom. The van der Waals surface area contributed by atoms with Crippen molar-refractivity contribution >= 4 is 15.7 Å². The highest BCUT2D eigenvalue weighted by atomic mass is 32.2. The first-order valence-corrected chi connectivity index (χ1v) is 8.33. The molecule has 0 aliphatic rings. The lowest BCUT2D eigenvalue weighted by Crippen LogP contribution is -2.26. The average molecular weight is 304 g/mol. The smallest absolute Gasteiger partial charge is 0.242 e. The zero-order valence-corrected chi connectivity index (χ0v) is 13.1. The Morgan fingerprint density at radius 2 is 1.81 bits per heavy atom. The molecule has 0 radical (unpaired) electrons. The van der Waals surface area contributed by atoms with Crippen molar-refractivity contribution < 1.29 is 8.42 Å². The van der Waals surface area contributed by atoms with E-state index in [-0.39, 0.29) is 4.90 Å². The molecule has 0 saturated heterocycles. The maximum atomic E-state index is 12.3. The Bertz CT molecular complexity index is 712. The molecule has 0 aliphatic heterocycles. The molecule has 0 unspecified atom stereocenters. The summed E-state index contributed by atoms with van der Waals surface area (Å²) in [4.78, 5) is 0.275. The maximum Gasteiger partial charge on any atom is 0.242 e. The summed E-state index contributed by atoms with van der Waals surface area (Å²) in [5, 5.41) is 2.90. The maximum absolute atomic E-state index is 12.3. The summed E-state index contributed by atoms with van der Waals surface area (Å²) in [6.07, 6.45) is 0.669. The number of hydrogen-bond donors (Lipinski definition) is 2. The summed E-state index contributed by atoms with van der Waals surface area (Å²) >= 11 is 0. The van der Waals surface area contributed by atoms with Gasteiger partial charge in [-0.05, 0) is 31.0 Å². The van der Waals surface area contributed by atoms with Crippen molar-refractivity contribution in [2.45, 2.75) is 18.2 Å². The van der Waals surface area contributed by atoms with E-state index in [0.717, 1.165) is 5.56 Å². The molecule has 0 saturated carbocycles. The first-order chi connectivity index (χ1) is 10.0. The van der Waals surface area contributed by atoms with Gasteiger partial charge in [-0.15, -0.1) is 0 Å². The fourth-order valence-corrected chi connectivity index (χ4v) is 3.43. The molecule has 0 aliphatic carbocycles. The van der Waals surface area contributed by atoms with Crippen LogP contribution in [0.1, 0.15) is 11.1 Å². The van der Waals surface area contributed by atoms with Crippen LogP contribution in [0.25, 0.3) is 0 Å². The van der Waals surface area contributed by atoms with E-state index >= 15 is 0 Å². The van der Waals surface area contributed by atoms with E-state index in [1.807, 2.05) is 25.1 Å². The molecule has 0 aromatic heterocycles. The second-order valence-electron chi connectivity index (χ2n) is 4.88. The second kappa shape index (κ2) is 6.74. The fraction of sp³-hybridized carbons (Fsp3) is 0.250. The van der Waals surface area contributed by atoms with Gasteiger partial charge in [-0.1, -0.05) is 42.0 Å². The summed E-state index contributed by atoms with van der Waals surface area (Å²) < 4.78 is 27.3. The van der Waals surface area contributed by atoms with Crippen LogP contribution in [-0.4, -0.2) is 22.0 Å². The third-order valence-electron chi connectivity index (χ3n) is 3.23. The van der Waals surface area contributed by atoms with Crippen molar-refractivity contribution in [2.24, 2.45) is 0 Å². The first-order valence-electron chi connectivity index (χ1n) is 6.85. The predicted molar refractivity (Wildman–Crippen MR) is 86.1 cm³/mol. The Morgan fingerprint density at radius 1 is 1.05 bits per heavy atom. The molecule has 21 heavy (non-hydrogen) atoms. The third-order valence-corrected chi connectivity index (χ3v) is 4.75. The zero-order valence-electron chi connectivity index (χ0n) is 12.3. The molecular weight excluding hydrogens is 284 g/mol. The summed E-state index contributed by atoms with van der Waals surface area (Å²) in [6.45, 7) is 2.40. The molecule has 2 aromatic rings. The van der Waals surface area contributed by atoms with Gasteiger partial charge >= 0.3 is 0 Å². The predicted octanol–water partition coefficient (Wildman–Crippen LogP) is 2.56. The van der Waals surface area contributed by atoms with E-state index in [4.69, 9.17) is 0 Å². The van der Waals surface area contributed by atoms with Crippen LogP contribution in [0, 0.1) is 6.92 Å². The van der Waals surface area contributed by atoms with Crippen LogP contribution in [0.4, 0.5) is 5.69 Å². The van der Waals surface area contributed by atoms with Crippen molar-refractivity contribution in [3.63, 3.8) is 0 Å². The topological polar surface area (TPSA) is 58.2 Å². The highest BCUT2D eigenvalue weighted by molar-refractivity contribution is 7.89.